The highest BCUT2D eigenvalue weighted by Gasteiger charge is 2.28. The first-order chi connectivity index (χ1) is 9.29. The Morgan fingerprint density at radius 1 is 1.20 bits per heavy atom. The average molecular weight is 340 g/mol. The van der Waals surface area contributed by atoms with E-state index in [1.165, 1.54) is 0 Å². The summed E-state index contributed by atoms with van der Waals surface area (Å²) >= 11 is 3.35. The number of nitrogen functional groups attached to an aromatic ring is 1. The molecule has 1 saturated heterocycles. The van der Waals surface area contributed by atoms with Crippen molar-refractivity contribution in [2.45, 2.75) is 26.3 Å². The molecule has 20 heavy (non-hydrogen) atoms. The number of rotatable bonds is 1. The molecule has 4 nitrogen and oxygen atoms in total. The zero-order valence-corrected chi connectivity index (χ0v) is 13.9. The Balaban J connectivity index is 2.03. The van der Waals surface area contributed by atoms with Crippen LogP contribution in [-0.4, -0.2) is 47.4 Å². The number of carbonyl (C=O) groups is 1. The minimum atomic E-state index is 0.0674. The van der Waals surface area contributed by atoms with Crippen molar-refractivity contribution in [1.29, 1.82) is 0 Å². The Bertz CT molecular complexity index is 502. The van der Waals surface area contributed by atoms with E-state index in [1.807, 2.05) is 17.0 Å². The maximum absolute atomic E-state index is 12.5. The number of anilines is 1. The van der Waals surface area contributed by atoms with Crippen LogP contribution in [0.5, 0.6) is 0 Å². The van der Waals surface area contributed by atoms with Gasteiger partial charge < -0.3 is 10.6 Å². The van der Waals surface area contributed by atoms with Gasteiger partial charge >= 0.3 is 0 Å². The summed E-state index contributed by atoms with van der Waals surface area (Å²) in [6, 6.07) is 5.38. The quantitative estimate of drug-likeness (QED) is 0.800. The van der Waals surface area contributed by atoms with E-state index in [2.05, 4.69) is 41.6 Å². The Kier molecular flexibility index (Phi) is 4.39. The molecule has 0 radical (unpaired) electrons. The average Bonchev–Trinajstić information content (AvgIpc) is 2.40. The molecule has 1 aromatic carbocycles. The number of benzene rings is 1. The van der Waals surface area contributed by atoms with E-state index in [9.17, 15) is 4.79 Å². The van der Waals surface area contributed by atoms with E-state index in [-0.39, 0.29) is 11.4 Å². The Hall–Kier alpha value is -1.07. The van der Waals surface area contributed by atoms with Crippen LogP contribution in [0.3, 0.4) is 0 Å². The van der Waals surface area contributed by atoms with Crippen LogP contribution in [0.25, 0.3) is 0 Å². The van der Waals surface area contributed by atoms with Crippen molar-refractivity contribution in [3.05, 3.63) is 28.2 Å². The first kappa shape index (κ1) is 15.3. The number of hydrogen-bond donors (Lipinski definition) is 1. The monoisotopic (exact) mass is 339 g/mol. The first-order valence-electron chi connectivity index (χ1n) is 6.88. The van der Waals surface area contributed by atoms with Crippen LogP contribution in [0.2, 0.25) is 0 Å². The minimum Gasteiger partial charge on any atom is -0.398 e. The van der Waals surface area contributed by atoms with E-state index in [0.29, 0.717) is 11.3 Å². The second kappa shape index (κ2) is 5.74. The summed E-state index contributed by atoms with van der Waals surface area (Å²) < 4.78 is 0.826. The fourth-order valence-electron chi connectivity index (χ4n) is 2.44. The number of nitrogens with two attached hydrogens (primary N) is 1. The molecule has 5 heteroatoms. The number of halogens is 1. The number of carbonyl (C=O) groups excluding carboxylic acids is 1. The Morgan fingerprint density at radius 3 is 2.30 bits per heavy atom. The molecule has 0 saturated carbocycles. The molecule has 0 aliphatic carbocycles. The molecule has 2 N–H and O–H groups in total. The zero-order chi connectivity index (χ0) is 14.9. The molecule has 1 aliphatic rings. The van der Waals surface area contributed by atoms with Crippen LogP contribution in [-0.2, 0) is 0 Å². The predicted octanol–water partition coefficient (Wildman–Crippen LogP) is 2.59. The zero-order valence-electron chi connectivity index (χ0n) is 12.3. The van der Waals surface area contributed by atoms with Gasteiger partial charge in [0.2, 0.25) is 0 Å². The van der Waals surface area contributed by atoms with Crippen LogP contribution in [0.15, 0.2) is 22.7 Å². The fraction of sp³-hybridized carbons (Fsp3) is 0.533. The summed E-state index contributed by atoms with van der Waals surface area (Å²) in [6.45, 7) is 10.0. The summed E-state index contributed by atoms with van der Waals surface area (Å²) in [5.74, 6) is 0.0674. The molecule has 2 rings (SSSR count). The molecule has 1 heterocycles. The largest absolute Gasteiger partial charge is 0.398 e. The molecule has 1 aliphatic heterocycles. The molecule has 110 valence electrons. The van der Waals surface area contributed by atoms with E-state index < -0.39 is 0 Å². The number of piperazine rings is 1. The highest BCUT2D eigenvalue weighted by atomic mass is 79.9. The second-order valence-electron chi connectivity index (χ2n) is 6.19. The van der Waals surface area contributed by atoms with Gasteiger partial charge in [0.15, 0.2) is 0 Å². The SMILES string of the molecule is CC(C)(C)N1CCN(C(=O)c2ccc(Br)c(N)c2)CC1. The maximum Gasteiger partial charge on any atom is 0.254 e. The van der Waals surface area contributed by atoms with Gasteiger partial charge in [-0.2, -0.15) is 0 Å². The lowest BCUT2D eigenvalue weighted by molar-refractivity contribution is 0.0451. The topological polar surface area (TPSA) is 49.6 Å². The molecule has 0 aromatic heterocycles. The van der Waals surface area contributed by atoms with Crippen molar-refractivity contribution in [1.82, 2.24) is 9.80 Å². The lowest BCUT2D eigenvalue weighted by Gasteiger charge is -2.42. The van der Waals surface area contributed by atoms with Gasteiger partial charge in [-0.25, -0.2) is 0 Å². The first-order valence-corrected chi connectivity index (χ1v) is 7.67. The van der Waals surface area contributed by atoms with Crippen molar-refractivity contribution < 1.29 is 4.79 Å². The highest BCUT2D eigenvalue weighted by molar-refractivity contribution is 9.10. The normalized spacial score (nSPS) is 17.3. The van der Waals surface area contributed by atoms with E-state index in [0.717, 1.165) is 30.7 Å². The van der Waals surface area contributed by atoms with E-state index in [1.54, 1.807) is 6.07 Å². The molecule has 0 atom stereocenters. The van der Waals surface area contributed by atoms with Gasteiger partial charge in [0.25, 0.3) is 5.91 Å². The molecule has 0 bridgehead atoms. The summed E-state index contributed by atoms with van der Waals surface area (Å²) in [5.41, 5.74) is 7.27. The van der Waals surface area contributed by atoms with Crippen LogP contribution < -0.4 is 5.73 Å². The Labute approximate surface area is 129 Å². The summed E-state index contributed by atoms with van der Waals surface area (Å²) in [6.07, 6.45) is 0. The van der Waals surface area contributed by atoms with Crippen LogP contribution in [0, 0.1) is 0 Å². The smallest absolute Gasteiger partial charge is 0.254 e. The van der Waals surface area contributed by atoms with Gasteiger partial charge in [0, 0.05) is 47.4 Å². The summed E-state index contributed by atoms with van der Waals surface area (Å²) in [5, 5.41) is 0. The highest BCUT2D eigenvalue weighted by Crippen LogP contribution is 2.22. The van der Waals surface area contributed by atoms with Gasteiger partial charge in [-0.3, -0.25) is 9.69 Å². The predicted molar refractivity (Wildman–Crippen MR) is 85.8 cm³/mol. The van der Waals surface area contributed by atoms with Gasteiger partial charge in [-0.05, 0) is 54.9 Å². The van der Waals surface area contributed by atoms with Crippen molar-refractivity contribution >= 4 is 27.5 Å². The second-order valence-corrected chi connectivity index (χ2v) is 7.04. The van der Waals surface area contributed by atoms with E-state index >= 15 is 0 Å². The van der Waals surface area contributed by atoms with Crippen molar-refractivity contribution in [2.24, 2.45) is 0 Å². The molecule has 1 fully saturated rings. The lowest BCUT2D eigenvalue weighted by atomic mass is 10.0. The summed E-state index contributed by atoms with van der Waals surface area (Å²) in [4.78, 5) is 16.8. The van der Waals surface area contributed by atoms with Gasteiger partial charge in [-0.1, -0.05) is 0 Å². The van der Waals surface area contributed by atoms with Crippen molar-refractivity contribution in [3.8, 4) is 0 Å². The molecule has 1 amide bonds. The minimum absolute atomic E-state index is 0.0674. The van der Waals surface area contributed by atoms with Gasteiger partial charge in [0.1, 0.15) is 0 Å². The molecular formula is C15H22BrN3O. The number of hydrogen-bond acceptors (Lipinski definition) is 3. The lowest BCUT2D eigenvalue weighted by Crippen LogP contribution is -2.54. The number of amides is 1. The Morgan fingerprint density at radius 2 is 1.80 bits per heavy atom. The van der Waals surface area contributed by atoms with Gasteiger partial charge in [0.05, 0.1) is 0 Å². The third kappa shape index (κ3) is 3.33. The fourth-order valence-corrected chi connectivity index (χ4v) is 2.69. The molecular weight excluding hydrogens is 318 g/mol. The number of nitrogens with zero attached hydrogens (tertiary/aromatic N) is 2. The molecule has 0 unspecified atom stereocenters. The van der Waals surface area contributed by atoms with Crippen molar-refractivity contribution in [2.75, 3.05) is 31.9 Å². The van der Waals surface area contributed by atoms with Crippen LogP contribution in [0.4, 0.5) is 5.69 Å². The third-order valence-electron chi connectivity index (χ3n) is 3.76. The standard InChI is InChI=1S/C15H22BrN3O/c1-15(2,3)19-8-6-18(7-9-19)14(20)11-4-5-12(16)13(17)10-11/h4-5,10H,6-9,17H2,1-3H3. The molecule has 1 aromatic rings. The van der Waals surface area contributed by atoms with Gasteiger partial charge in [-0.15, -0.1) is 0 Å². The van der Waals surface area contributed by atoms with Crippen LogP contribution in [0.1, 0.15) is 31.1 Å². The maximum atomic E-state index is 12.5. The van der Waals surface area contributed by atoms with Crippen LogP contribution >= 0.6 is 15.9 Å². The van der Waals surface area contributed by atoms with Crippen molar-refractivity contribution in [3.63, 3.8) is 0 Å². The summed E-state index contributed by atoms with van der Waals surface area (Å²) in [7, 11) is 0. The third-order valence-corrected chi connectivity index (χ3v) is 4.48. The van der Waals surface area contributed by atoms with E-state index in [4.69, 9.17) is 5.73 Å². The molecule has 0 spiro atoms.